The van der Waals surface area contributed by atoms with Gasteiger partial charge in [0.2, 0.25) is 5.91 Å². The molecule has 1 N–H and O–H groups in total. The van der Waals surface area contributed by atoms with E-state index in [-0.39, 0.29) is 30.9 Å². The fourth-order valence-electron chi connectivity index (χ4n) is 2.93. The number of hydrogen-bond acceptors (Lipinski definition) is 5. The first-order valence-corrected chi connectivity index (χ1v) is 9.34. The summed E-state index contributed by atoms with van der Waals surface area (Å²) >= 11 is 0. The maximum absolute atomic E-state index is 12.6. The summed E-state index contributed by atoms with van der Waals surface area (Å²) < 4.78 is 10.9. The highest BCUT2D eigenvalue weighted by atomic mass is 16.5. The maximum Gasteiger partial charge on any atom is 0.260 e. The second-order valence-electron chi connectivity index (χ2n) is 6.74. The van der Waals surface area contributed by atoms with E-state index in [1.165, 1.54) is 0 Å². The number of benzene rings is 1. The van der Waals surface area contributed by atoms with Crippen LogP contribution in [0.3, 0.4) is 0 Å². The number of amides is 2. The van der Waals surface area contributed by atoms with Crippen LogP contribution in [0.15, 0.2) is 42.6 Å². The standard InChI is InChI=1S/C21H25N3O4/c1-15-13-16(9-11-22-15)23-20(25)10-12-24(17-7-8-17)21(26)14-28-19-6-4-3-5-18(19)27-2/h3-6,9,11,13,17H,7-8,10,12,14H2,1-2H3,(H,22,23,25). The third-order valence-electron chi connectivity index (χ3n) is 4.49. The van der Waals surface area contributed by atoms with Crippen LogP contribution in [-0.4, -0.2) is 48.0 Å². The number of nitrogens with zero attached hydrogens (tertiary/aromatic N) is 2. The number of nitrogens with one attached hydrogen (secondary N) is 1. The summed E-state index contributed by atoms with van der Waals surface area (Å²) in [5.74, 6) is 0.857. The number of para-hydroxylation sites is 2. The molecule has 1 heterocycles. The summed E-state index contributed by atoms with van der Waals surface area (Å²) in [5.41, 5.74) is 1.54. The van der Waals surface area contributed by atoms with E-state index < -0.39 is 0 Å². The molecule has 7 heteroatoms. The Morgan fingerprint density at radius 3 is 2.64 bits per heavy atom. The molecule has 0 saturated heterocycles. The van der Waals surface area contributed by atoms with Crippen LogP contribution in [0.5, 0.6) is 11.5 Å². The van der Waals surface area contributed by atoms with Crippen molar-refractivity contribution in [1.29, 1.82) is 0 Å². The lowest BCUT2D eigenvalue weighted by molar-refractivity contribution is -0.134. The number of ether oxygens (including phenoxy) is 2. The number of anilines is 1. The molecule has 0 spiro atoms. The first-order chi connectivity index (χ1) is 13.6. The van der Waals surface area contributed by atoms with Crippen molar-refractivity contribution >= 4 is 17.5 Å². The fraction of sp³-hybridized carbons (Fsp3) is 0.381. The first kappa shape index (κ1) is 19.7. The van der Waals surface area contributed by atoms with E-state index in [2.05, 4.69) is 10.3 Å². The van der Waals surface area contributed by atoms with Gasteiger partial charge in [-0.15, -0.1) is 0 Å². The SMILES string of the molecule is COc1ccccc1OCC(=O)N(CCC(=O)Nc1ccnc(C)c1)C1CC1. The van der Waals surface area contributed by atoms with Crippen LogP contribution in [0.2, 0.25) is 0 Å². The van der Waals surface area contributed by atoms with Gasteiger partial charge in [0.15, 0.2) is 18.1 Å². The number of carbonyl (C=O) groups excluding carboxylic acids is 2. The zero-order chi connectivity index (χ0) is 19.9. The Morgan fingerprint density at radius 1 is 1.21 bits per heavy atom. The van der Waals surface area contributed by atoms with E-state index in [0.717, 1.165) is 18.5 Å². The average Bonchev–Trinajstić information content (AvgIpc) is 3.52. The number of carbonyl (C=O) groups is 2. The molecular weight excluding hydrogens is 358 g/mol. The summed E-state index contributed by atoms with van der Waals surface area (Å²) in [7, 11) is 1.56. The van der Waals surface area contributed by atoms with Gasteiger partial charge in [0, 0.05) is 36.6 Å². The lowest BCUT2D eigenvalue weighted by atomic mass is 10.3. The average molecular weight is 383 g/mol. The number of hydrogen-bond donors (Lipinski definition) is 1. The molecule has 1 fully saturated rings. The predicted octanol–water partition coefficient (Wildman–Crippen LogP) is 2.80. The van der Waals surface area contributed by atoms with Crippen molar-refractivity contribution in [3.8, 4) is 11.5 Å². The number of aromatic nitrogens is 1. The molecule has 7 nitrogen and oxygen atoms in total. The molecule has 28 heavy (non-hydrogen) atoms. The smallest absolute Gasteiger partial charge is 0.260 e. The lowest BCUT2D eigenvalue weighted by Gasteiger charge is -2.22. The monoisotopic (exact) mass is 383 g/mol. The fourth-order valence-corrected chi connectivity index (χ4v) is 2.93. The molecule has 1 aromatic heterocycles. The number of pyridine rings is 1. The second kappa shape index (κ2) is 9.21. The zero-order valence-electron chi connectivity index (χ0n) is 16.2. The molecule has 148 valence electrons. The molecule has 1 aliphatic rings. The quantitative estimate of drug-likeness (QED) is 0.720. The molecule has 1 aromatic carbocycles. The lowest BCUT2D eigenvalue weighted by Crippen LogP contribution is -2.38. The summed E-state index contributed by atoms with van der Waals surface area (Å²) in [6, 6.07) is 11.0. The molecule has 0 radical (unpaired) electrons. The number of methoxy groups -OCH3 is 1. The van der Waals surface area contributed by atoms with Crippen molar-refractivity contribution < 1.29 is 19.1 Å². The van der Waals surface area contributed by atoms with Gasteiger partial charge in [0.05, 0.1) is 7.11 Å². The molecule has 0 bridgehead atoms. The van der Waals surface area contributed by atoms with E-state index in [4.69, 9.17) is 9.47 Å². The molecular formula is C21H25N3O4. The Morgan fingerprint density at radius 2 is 1.96 bits per heavy atom. The van der Waals surface area contributed by atoms with E-state index in [0.29, 0.717) is 23.7 Å². The predicted molar refractivity (Wildman–Crippen MR) is 105 cm³/mol. The molecule has 0 unspecified atom stereocenters. The van der Waals surface area contributed by atoms with Crippen LogP contribution in [0.1, 0.15) is 25.0 Å². The van der Waals surface area contributed by atoms with Crippen molar-refractivity contribution in [3.63, 3.8) is 0 Å². The van der Waals surface area contributed by atoms with Crippen molar-refractivity contribution in [3.05, 3.63) is 48.3 Å². The van der Waals surface area contributed by atoms with Gasteiger partial charge in [-0.3, -0.25) is 14.6 Å². The normalized spacial score (nSPS) is 12.9. The molecule has 0 atom stereocenters. The van der Waals surface area contributed by atoms with Gasteiger partial charge in [0.1, 0.15) is 0 Å². The van der Waals surface area contributed by atoms with Crippen LogP contribution >= 0.6 is 0 Å². The van der Waals surface area contributed by atoms with Crippen LogP contribution in [0, 0.1) is 6.92 Å². The number of aryl methyl sites for hydroxylation is 1. The minimum absolute atomic E-state index is 0.0813. The first-order valence-electron chi connectivity index (χ1n) is 9.34. The van der Waals surface area contributed by atoms with E-state index in [1.807, 2.05) is 25.1 Å². The van der Waals surface area contributed by atoms with Crippen molar-refractivity contribution in [2.45, 2.75) is 32.2 Å². The minimum atomic E-state index is -0.130. The Bertz CT molecular complexity index is 836. The molecule has 2 amide bonds. The van der Waals surface area contributed by atoms with Gasteiger partial charge in [-0.05, 0) is 44.0 Å². The Balaban J connectivity index is 1.51. The van der Waals surface area contributed by atoms with Gasteiger partial charge >= 0.3 is 0 Å². The van der Waals surface area contributed by atoms with Crippen LogP contribution in [0.4, 0.5) is 5.69 Å². The molecule has 0 aliphatic heterocycles. The van der Waals surface area contributed by atoms with Crippen LogP contribution in [0.25, 0.3) is 0 Å². The van der Waals surface area contributed by atoms with Gasteiger partial charge in [-0.25, -0.2) is 0 Å². The second-order valence-corrected chi connectivity index (χ2v) is 6.74. The minimum Gasteiger partial charge on any atom is -0.493 e. The largest absolute Gasteiger partial charge is 0.493 e. The van der Waals surface area contributed by atoms with Gasteiger partial charge < -0.3 is 19.7 Å². The highest BCUT2D eigenvalue weighted by molar-refractivity contribution is 5.91. The Hall–Kier alpha value is -3.09. The molecule has 3 rings (SSSR count). The zero-order valence-corrected chi connectivity index (χ0v) is 16.2. The highest BCUT2D eigenvalue weighted by Crippen LogP contribution is 2.28. The third kappa shape index (κ3) is 5.45. The van der Waals surface area contributed by atoms with Crippen LogP contribution < -0.4 is 14.8 Å². The topological polar surface area (TPSA) is 80.8 Å². The molecule has 1 aliphatic carbocycles. The molecule has 1 saturated carbocycles. The van der Waals surface area contributed by atoms with Crippen molar-refractivity contribution in [1.82, 2.24) is 9.88 Å². The Kier molecular flexibility index (Phi) is 6.47. The summed E-state index contributed by atoms with van der Waals surface area (Å²) in [6.45, 7) is 2.15. The Labute approximate surface area is 164 Å². The maximum atomic E-state index is 12.6. The summed E-state index contributed by atoms with van der Waals surface area (Å²) in [4.78, 5) is 30.7. The highest BCUT2D eigenvalue weighted by Gasteiger charge is 2.32. The summed E-state index contributed by atoms with van der Waals surface area (Å²) in [5, 5.41) is 2.84. The number of rotatable bonds is 9. The summed E-state index contributed by atoms with van der Waals surface area (Å²) in [6.07, 6.45) is 3.82. The molecule has 2 aromatic rings. The third-order valence-corrected chi connectivity index (χ3v) is 4.49. The van der Waals surface area contributed by atoms with E-state index in [9.17, 15) is 9.59 Å². The van der Waals surface area contributed by atoms with E-state index in [1.54, 1.807) is 36.4 Å². The van der Waals surface area contributed by atoms with E-state index >= 15 is 0 Å². The van der Waals surface area contributed by atoms with Gasteiger partial charge in [-0.2, -0.15) is 0 Å². The van der Waals surface area contributed by atoms with Crippen molar-refractivity contribution in [2.24, 2.45) is 0 Å². The van der Waals surface area contributed by atoms with Gasteiger partial charge in [0.25, 0.3) is 5.91 Å². The van der Waals surface area contributed by atoms with Crippen LogP contribution in [-0.2, 0) is 9.59 Å². The van der Waals surface area contributed by atoms with Crippen molar-refractivity contribution in [2.75, 3.05) is 25.6 Å². The van der Waals surface area contributed by atoms with Gasteiger partial charge in [-0.1, -0.05) is 12.1 Å².